The van der Waals surface area contributed by atoms with E-state index >= 15 is 0 Å². The van der Waals surface area contributed by atoms with Crippen molar-refractivity contribution in [1.82, 2.24) is 5.32 Å². The number of methoxy groups -OCH3 is 2. The highest BCUT2D eigenvalue weighted by Gasteiger charge is 2.30. The van der Waals surface area contributed by atoms with E-state index in [2.05, 4.69) is 5.32 Å². The number of hydrogen-bond acceptors (Lipinski definition) is 6. The minimum absolute atomic E-state index is 0.0795. The third-order valence-electron chi connectivity index (χ3n) is 3.15. The molecular weight excluding hydrogens is 314 g/mol. The van der Waals surface area contributed by atoms with Gasteiger partial charge in [0.1, 0.15) is 11.6 Å². The average Bonchev–Trinajstić information content (AvgIpc) is 2.49. The summed E-state index contributed by atoms with van der Waals surface area (Å²) >= 11 is 0. The van der Waals surface area contributed by atoms with Gasteiger partial charge in [0.2, 0.25) is 0 Å². The standard InChI is InChI=1S/C17H29NO6/c1-7-8-9-10-12(14(19)22-5)11-13(15(20)23-6)18-16(21)24-17(2,3)4/h7-8,12-13H,9-11H2,1-6H3,(H,18,21)/b8-7+/t12-,13-/m0/s1. The zero-order chi connectivity index (χ0) is 18.8. The van der Waals surface area contributed by atoms with Gasteiger partial charge in [0.15, 0.2) is 0 Å². The molecule has 0 saturated heterocycles. The molecule has 0 aliphatic rings. The van der Waals surface area contributed by atoms with E-state index in [4.69, 9.17) is 14.2 Å². The predicted molar refractivity (Wildman–Crippen MR) is 89.3 cm³/mol. The van der Waals surface area contributed by atoms with Gasteiger partial charge in [-0.15, -0.1) is 0 Å². The summed E-state index contributed by atoms with van der Waals surface area (Å²) < 4.78 is 14.6. The summed E-state index contributed by atoms with van der Waals surface area (Å²) in [7, 11) is 2.51. The molecule has 1 N–H and O–H groups in total. The van der Waals surface area contributed by atoms with Crippen molar-refractivity contribution in [3.05, 3.63) is 12.2 Å². The number of rotatable bonds is 8. The summed E-state index contributed by atoms with van der Waals surface area (Å²) in [5, 5.41) is 2.46. The molecular formula is C17H29NO6. The van der Waals surface area contributed by atoms with Crippen LogP contribution in [-0.4, -0.2) is 43.9 Å². The van der Waals surface area contributed by atoms with Crippen LogP contribution in [0.5, 0.6) is 0 Å². The van der Waals surface area contributed by atoms with Crippen LogP contribution in [0.3, 0.4) is 0 Å². The molecule has 0 heterocycles. The summed E-state index contributed by atoms with van der Waals surface area (Å²) in [5.74, 6) is -1.61. The molecule has 0 aliphatic heterocycles. The molecule has 0 aromatic heterocycles. The maximum Gasteiger partial charge on any atom is 0.408 e. The van der Waals surface area contributed by atoms with Crippen molar-refractivity contribution in [3.63, 3.8) is 0 Å². The van der Waals surface area contributed by atoms with Gasteiger partial charge in [0.25, 0.3) is 0 Å². The third kappa shape index (κ3) is 9.17. The van der Waals surface area contributed by atoms with E-state index in [1.807, 2.05) is 19.1 Å². The van der Waals surface area contributed by atoms with Crippen LogP contribution in [0.25, 0.3) is 0 Å². The van der Waals surface area contributed by atoms with Gasteiger partial charge in [-0.2, -0.15) is 0 Å². The molecule has 0 unspecified atom stereocenters. The molecule has 0 fully saturated rings. The maximum absolute atomic E-state index is 11.9. The van der Waals surface area contributed by atoms with Crippen LogP contribution in [0.1, 0.15) is 47.0 Å². The zero-order valence-electron chi connectivity index (χ0n) is 15.4. The number of ether oxygens (including phenoxy) is 3. The molecule has 0 aliphatic carbocycles. The Kier molecular flexibility index (Phi) is 9.76. The highest BCUT2D eigenvalue weighted by Crippen LogP contribution is 2.18. The van der Waals surface area contributed by atoms with Crippen molar-refractivity contribution >= 4 is 18.0 Å². The van der Waals surface area contributed by atoms with Gasteiger partial charge in [-0.25, -0.2) is 9.59 Å². The lowest BCUT2D eigenvalue weighted by atomic mass is 9.94. The highest BCUT2D eigenvalue weighted by atomic mass is 16.6. The minimum atomic E-state index is -0.987. The Morgan fingerprint density at radius 3 is 2.12 bits per heavy atom. The number of esters is 2. The molecule has 138 valence electrons. The zero-order valence-corrected chi connectivity index (χ0v) is 15.4. The van der Waals surface area contributed by atoms with E-state index in [1.54, 1.807) is 20.8 Å². The summed E-state index contributed by atoms with van der Waals surface area (Å²) in [6.07, 6.45) is 4.30. The molecule has 0 aromatic rings. The van der Waals surface area contributed by atoms with Crippen LogP contribution in [-0.2, 0) is 23.8 Å². The first kappa shape index (κ1) is 21.9. The van der Waals surface area contributed by atoms with Crippen molar-refractivity contribution < 1.29 is 28.6 Å². The second kappa shape index (κ2) is 10.7. The quantitative estimate of drug-likeness (QED) is 0.414. The fourth-order valence-corrected chi connectivity index (χ4v) is 2.05. The summed E-state index contributed by atoms with van der Waals surface area (Å²) in [5.41, 5.74) is -0.696. The van der Waals surface area contributed by atoms with Crippen LogP contribution in [0.15, 0.2) is 12.2 Å². The Bertz CT molecular complexity index is 452. The lowest BCUT2D eigenvalue weighted by molar-refractivity contribution is -0.148. The molecule has 7 heteroatoms. The number of hydrogen-bond donors (Lipinski definition) is 1. The van der Waals surface area contributed by atoms with Crippen molar-refractivity contribution in [2.75, 3.05) is 14.2 Å². The Morgan fingerprint density at radius 1 is 1.08 bits per heavy atom. The molecule has 0 aromatic carbocycles. The van der Waals surface area contributed by atoms with Crippen molar-refractivity contribution in [2.24, 2.45) is 5.92 Å². The smallest absolute Gasteiger partial charge is 0.408 e. The minimum Gasteiger partial charge on any atom is -0.469 e. The largest absolute Gasteiger partial charge is 0.469 e. The molecule has 7 nitrogen and oxygen atoms in total. The molecule has 0 saturated carbocycles. The fraction of sp³-hybridized carbons (Fsp3) is 0.706. The molecule has 24 heavy (non-hydrogen) atoms. The number of alkyl carbamates (subject to hydrolysis) is 1. The SMILES string of the molecule is C/C=C/CC[C@@H](C[C@H](NC(=O)OC(C)(C)C)C(=O)OC)C(=O)OC. The van der Waals surface area contributed by atoms with Gasteiger partial charge >= 0.3 is 18.0 Å². The van der Waals surface area contributed by atoms with Gasteiger partial charge in [-0.05, 0) is 47.0 Å². The van der Waals surface area contributed by atoms with Crippen LogP contribution in [0.2, 0.25) is 0 Å². The van der Waals surface area contributed by atoms with E-state index in [9.17, 15) is 14.4 Å². The first-order valence-corrected chi connectivity index (χ1v) is 7.91. The van der Waals surface area contributed by atoms with E-state index < -0.39 is 35.6 Å². The fourth-order valence-electron chi connectivity index (χ4n) is 2.05. The molecule has 0 radical (unpaired) electrons. The molecule has 2 atom stereocenters. The van der Waals surface area contributed by atoms with Gasteiger partial charge in [-0.3, -0.25) is 4.79 Å². The van der Waals surface area contributed by atoms with E-state index in [0.29, 0.717) is 12.8 Å². The van der Waals surface area contributed by atoms with Gasteiger partial charge in [-0.1, -0.05) is 12.2 Å². The second-order valence-corrected chi connectivity index (χ2v) is 6.32. The maximum atomic E-state index is 11.9. The number of carbonyl (C=O) groups excluding carboxylic acids is 3. The van der Waals surface area contributed by atoms with Crippen LogP contribution in [0, 0.1) is 5.92 Å². The topological polar surface area (TPSA) is 90.9 Å². The Labute approximate surface area is 143 Å². The average molecular weight is 343 g/mol. The van der Waals surface area contributed by atoms with Crippen LogP contribution >= 0.6 is 0 Å². The molecule has 0 bridgehead atoms. The highest BCUT2D eigenvalue weighted by molar-refractivity contribution is 5.82. The Hall–Kier alpha value is -2.05. The third-order valence-corrected chi connectivity index (χ3v) is 3.15. The first-order chi connectivity index (χ1) is 11.1. The number of nitrogens with one attached hydrogen (secondary N) is 1. The molecule has 1 amide bonds. The summed E-state index contributed by atoms with van der Waals surface area (Å²) in [4.78, 5) is 35.8. The second-order valence-electron chi connectivity index (χ2n) is 6.32. The monoisotopic (exact) mass is 343 g/mol. The van der Waals surface area contributed by atoms with E-state index in [0.717, 1.165) is 0 Å². The number of allylic oxidation sites excluding steroid dienone is 2. The van der Waals surface area contributed by atoms with Crippen LogP contribution in [0.4, 0.5) is 4.79 Å². The normalized spacial score (nSPS) is 13.9. The molecule has 0 spiro atoms. The summed E-state index contributed by atoms with van der Waals surface area (Å²) in [6.45, 7) is 7.03. The lowest BCUT2D eigenvalue weighted by Gasteiger charge is -2.24. The Balaban J connectivity index is 5.02. The molecule has 0 rings (SSSR count). The first-order valence-electron chi connectivity index (χ1n) is 7.91. The van der Waals surface area contributed by atoms with E-state index in [1.165, 1.54) is 14.2 Å². The lowest BCUT2D eigenvalue weighted by Crippen LogP contribution is -2.45. The van der Waals surface area contributed by atoms with Crippen molar-refractivity contribution in [2.45, 2.75) is 58.6 Å². The van der Waals surface area contributed by atoms with Gasteiger partial charge < -0.3 is 19.5 Å². The predicted octanol–water partition coefficient (Wildman–Crippen LogP) is 2.59. The van der Waals surface area contributed by atoms with E-state index in [-0.39, 0.29) is 6.42 Å². The van der Waals surface area contributed by atoms with Crippen molar-refractivity contribution in [3.8, 4) is 0 Å². The van der Waals surface area contributed by atoms with Gasteiger partial charge in [0, 0.05) is 0 Å². The number of carbonyl (C=O) groups is 3. The van der Waals surface area contributed by atoms with Crippen molar-refractivity contribution in [1.29, 1.82) is 0 Å². The Morgan fingerprint density at radius 2 is 1.67 bits per heavy atom. The number of amides is 1. The van der Waals surface area contributed by atoms with Gasteiger partial charge in [0.05, 0.1) is 20.1 Å². The summed E-state index contributed by atoms with van der Waals surface area (Å²) in [6, 6.07) is -0.987. The van der Waals surface area contributed by atoms with Crippen LogP contribution < -0.4 is 5.32 Å².